The third-order valence-corrected chi connectivity index (χ3v) is 4.27. The highest BCUT2D eigenvalue weighted by molar-refractivity contribution is 7.98. The highest BCUT2D eigenvalue weighted by atomic mass is 32.2. The molecule has 0 aliphatic heterocycles. The summed E-state index contributed by atoms with van der Waals surface area (Å²) in [6, 6.07) is 10.5. The minimum Gasteiger partial charge on any atom is -0.452 e. The molecule has 0 aliphatic carbocycles. The van der Waals surface area contributed by atoms with Gasteiger partial charge in [-0.05, 0) is 42.0 Å². The van der Waals surface area contributed by atoms with Gasteiger partial charge in [-0.2, -0.15) is 5.26 Å². The number of rotatable bonds is 5. The van der Waals surface area contributed by atoms with Crippen LogP contribution in [0.1, 0.15) is 15.9 Å². The number of carbonyl (C=O) groups excluding carboxylic acids is 2. The Kier molecular flexibility index (Phi) is 5.58. The Balaban J connectivity index is 1.88. The number of thiophene rings is 1. The van der Waals surface area contributed by atoms with Gasteiger partial charge in [-0.1, -0.05) is 0 Å². The number of hydrogen-bond donors (Lipinski definition) is 1. The van der Waals surface area contributed by atoms with E-state index >= 15 is 0 Å². The zero-order valence-electron chi connectivity index (χ0n) is 11.7. The van der Waals surface area contributed by atoms with Gasteiger partial charge in [0.1, 0.15) is 11.1 Å². The second-order valence-electron chi connectivity index (χ2n) is 4.13. The van der Waals surface area contributed by atoms with Crippen LogP contribution in [-0.4, -0.2) is 24.7 Å². The highest BCUT2D eigenvalue weighted by Gasteiger charge is 2.12. The van der Waals surface area contributed by atoms with Crippen LogP contribution in [0.15, 0.2) is 40.6 Å². The Morgan fingerprint density at radius 2 is 2.05 bits per heavy atom. The molecule has 1 amide bonds. The molecule has 2 aromatic rings. The van der Waals surface area contributed by atoms with Crippen LogP contribution in [0.2, 0.25) is 0 Å². The van der Waals surface area contributed by atoms with E-state index in [0.717, 1.165) is 4.90 Å². The van der Waals surface area contributed by atoms with Gasteiger partial charge in [0, 0.05) is 4.90 Å². The Morgan fingerprint density at radius 3 is 2.68 bits per heavy atom. The number of esters is 1. The van der Waals surface area contributed by atoms with Crippen LogP contribution in [0, 0.1) is 11.3 Å². The Bertz CT molecular complexity index is 717. The molecule has 0 fully saturated rings. The van der Waals surface area contributed by atoms with Crippen molar-refractivity contribution in [1.29, 1.82) is 5.26 Å². The van der Waals surface area contributed by atoms with Crippen LogP contribution in [0.3, 0.4) is 0 Å². The number of amides is 1. The number of ether oxygens (including phenoxy) is 1. The van der Waals surface area contributed by atoms with E-state index in [1.54, 1.807) is 35.3 Å². The molecule has 0 aliphatic rings. The van der Waals surface area contributed by atoms with Gasteiger partial charge >= 0.3 is 5.97 Å². The number of nitrogens with zero attached hydrogens (tertiary/aromatic N) is 1. The molecular weight excluding hydrogens is 320 g/mol. The normalized spacial score (nSPS) is 9.82. The van der Waals surface area contributed by atoms with Crippen molar-refractivity contribution in [2.24, 2.45) is 0 Å². The molecule has 1 aromatic carbocycles. The van der Waals surface area contributed by atoms with Crippen molar-refractivity contribution in [3.8, 4) is 6.07 Å². The van der Waals surface area contributed by atoms with Crippen molar-refractivity contribution in [3.63, 3.8) is 0 Å². The fourth-order valence-electron chi connectivity index (χ4n) is 1.60. The van der Waals surface area contributed by atoms with Gasteiger partial charge in [0.25, 0.3) is 5.91 Å². The number of benzene rings is 1. The second kappa shape index (κ2) is 7.64. The lowest BCUT2D eigenvalue weighted by Crippen LogP contribution is -2.20. The first-order valence-electron chi connectivity index (χ1n) is 6.22. The van der Waals surface area contributed by atoms with Crippen molar-refractivity contribution >= 4 is 40.0 Å². The van der Waals surface area contributed by atoms with Crippen LogP contribution in [0.5, 0.6) is 0 Å². The Morgan fingerprint density at radius 1 is 1.32 bits per heavy atom. The summed E-state index contributed by atoms with van der Waals surface area (Å²) in [5, 5.41) is 13.5. The molecule has 0 spiro atoms. The Hall–Kier alpha value is -2.30. The molecule has 1 heterocycles. The van der Waals surface area contributed by atoms with E-state index in [1.807, 2.05) is 24.5 Å². The van der Waals surface area contributed by atoms with Gasteiger partial charge < -0.3 is 10.1 Å². The lowest BCUT2D eigenvalue weighted by atomic mass is 10.2. The molecule has 7 heteroatoms. The predicted molar refractivity (Wildman–Crippen MR) is 86.2 cm³/mol. The molecule has 112 valence electrons. The minimum absolute atomic E-state index is 0.386. The zero-order valence-corrected chi connectivity index (χ0v) is 13.3. The van der Waals surface area contributed by atoms with E-state index < -0.39 is 18.5 Å². The summed E-state index contributed by atoms with van der Waals surface area (Å²) in [4.78, 5) is 24.6. The molecule has 5 nitrogen and oxygen atoms in total. The van der Waals surface area contributed by atoms with Gasteiger partial charge in [0.15, 0.2) is 6.61 Å². The number of carbonyl (C=O) groups is 2. The zero-order chi connectivity index (χ0) is 15.9. The van der Waals surface area contributed by atoms with Gasteiger partial charge in [0.05, 0.1) is 11.1 Å². The minimum atomic E-state index is -0.561. The smallest absolute Gasteiger partial charge is 0.338 e. The third-order valence-electron chi connectivity index (χ3n) is 2.70. The summed E-state index contributed by atoms with van der Waals surface area (Å²) in [6.45, 7) is -0.397. The fourth-order valence-corrected chi connectivity index (χ4v) is 2.76. The molecule has 0 atom stereocenters. The third kappa shape index (κ3) is 4.10. The van der Waals surface area contributed by atoms with Crippen LogP contribution < -0.4 is 5.32 Å². The van der Waals surface area contributed by atoms with Crippen LogP contribution in [0.25, 0.3) is 0 Å². The van der Waals surface area contributed by atoms with Crippen molar-refractivity contribution < 1.29 is 14.3 Å². The number of thioether (sulfide) groups is 1. The maximum absolute atomic E-state index is 11.8. The number of anilines is 1. The molecule has 0 saturated carbocycles. The van der Waals surface area contributed by atoms with E-state index in [9.17, 15) is 9.59 Å². The molecular formula is C15H12N2O3S2. The van der Waals surface area contributed by atoms with E-state index in [-0.39, 0.29) is 0 Å². The molecule has 2 rings (SSSR count). The van der Waals surface area contributed by atoms with E-state index in [1.165, 1.54) is 11.3 Å². The van der Waals surface area contributed by atoms with Crippen molar-refractivity contribution in [2.75, 3.05) is 18.2 Å². The van der Waals surface area contributed by atoms with Crippen molar-refractivity contribution in [2.45, 2.75) is 4.90 Å². The van der Waals surface area contributed by atoms with Gasteiger partial charge in [-0.15, -0.1) is 23.1 Å². The summed E-state index contributed by atoms with van der Waals surface area (Å²) in [5.41, 5.74) is 0.775. The summed E-state index contributed by atoms with van der Waals surface area (Å²) in [6.07, 6.45) is 1.94. The first-order chi connectivity index (χ1) is 10.6. The topological polar surface area (TPSA) is 79.2 Å². The first kappa shape index (κ1) is 16.1. The fraction of sp³-hybridized carbons (Fsp3) is 0.133. The SMILES string of the molecule is CSc1ccc(C(=O)OCC(=O)Nc2sccc2C#N)cc1. The monoisotopic (exact) mass is 332 g/mol. The number of nitriles is 1. The van der Waals surface area contributed by atoms with Gasteiger partial charge in [-0.25, -0.2) is 4.79 Å². The van der Waals surface area contributed by atoms with Crippen molar-refractivity contribution in [1.82, 2.24) is 0 Å². The van der Waals surface area contributed by atoms with Crippen LogP contribution in [0.4, 0.5) is 5.00 Å². The van der Waals surface area contributed by atoms with Crippen molar-refractivity contribution in [3.05, 3.63) is 46.8 Å². The van der Waals surface area contributed by atoms with E-state index in [2.05, 4.69) is 5.32 Å². The average Bonchev–Trinajstić information content (AvgIpc) is 2.99. The summed E-state index contributed by atoms with van der Waals surface area (Å²) in [5.74, 6) is -1.04. The second-order valence-corrected chi connectivity index (χ2v) is 5.92. The standard InChI is InChI=1S/C15H12N2O3S2/c1-21-12-4-2-10(3-5-12)15(19)20-9-13(18)17-14-11(8-16)6-7-22-14/h2-7H,9H2,1H3,(H,17,18). The van der Waals surface area contributed by atoms with E-state index in [4.69, 9.17) is 10.00 Å². The predicted octanol–water partition coefficient (Wildman–Crippen LogP) is 3.14. The number of nitrogens with one attached hydrogen (secondary N) is 1. The van der Waals surface area contributed by atoms with Gasteiger partial charge in [0.2, 0.25) is 0 Å². The largest absolute Gasteiger partial charge is 0.452 e. The van der Waals surface area contributed by atoms with Gasteiger partial charge in [-0.3, -0.25) is 4.79 Å². The molecule has 22 heavy (non-hydrogen) atoms. The molecule has 1 aromatic heterocycles. The summed E-state index contributed by atoms with van der Waals surface area (Å²) >= 11 is 2.81. The highest BCUT2D eigenvalue weighted by Crippen LogP contribution is 2.22. The van der Waals surface area contributed by atoms with Crippen LogP contribution >= 0.6 is 23.1 Å². The van der Waals surface area contributed by atoms with Crippen LogP contribution in [-0.2, 0) is 9.53 Å². The quantitative estimate of drug-likeness (QED) is 0.672. The maximum atomic E-state index is 11.8. The summed E-state index contributed by atoms with van der Waals surface area (Å²) < 4.78 is 4.95. The molecule has 0 saturated heterocycles. The molecule has 0 radical (unpaired) electrons. The molecule has 1 N–H and O–H groups in total. The lowest BCUT2D eigenvalue weighted by molar-refractivity contribution is -0.119. The average molecular weight is 332 g/mol. The van der Waals surface area contributed by atoms with E-state index in [0.29, 0.717) is 16.1 Å². The molecule has 0 bridgehead atoms. The Labute approximate surface area is 135 Å². The molecule has 0 unspecified atom stereocenters. The summed E-state index contributed by atoms with van der Waals surface area (Å²) in [7, 11) is 0. The maximum Gasteiger partial charge on any atom is 0.338 e. The first-order valence-corrected chi connectivity index (χ1v) is 8.33. The number of hydrogen-bond acceptors (Lipinski definition) is 6. The lowest BCUT2D eigenvalue weighted by Gasteiger charge is -2.06.